The molecule has 0 heterocycles. The molecule has 100 valence electrons. The van der Waals surface area contributed by atoms with Gasteiger partial charge in [0.2, 0.25) is 0 Å². The minimum atomic E-state index is -0.807. The van der Waals surface area contributed by atoms with Gasteiger partial charge < -0.3 is 15.7 Å². The fourth-order valence-corrected chi connectivity index (χ4v) is 2.75. The Morgan fingerprint density at radius 3 is 2.61 bits per heavy atom. The van der Waals surface area contributed by atoms with Gasteiger partial charge in [0.05, 0.1) is 5.92 Å². The minimum Gasteiger partial charge on any atom is -0.481 e. The standard InChI is InChI=1S/C13H20N2O3/c16-12(17)10-7-4-8-11(10)15-13(18)14-9-5-2-1-3-6-9/h1-2,9-11H,3-8H2,(H,16,17)(H2,14,15,18). The van der Waals surface area contributed by atoms with Gasteiger partial charge in [-0.05, 0) is 32.1 Å². The molecule has 3 unspecified atom stereocenters. The summed E-state index contributed by atoms with van der Waals surface area (Å²) in [5.74, 6) is -1.24. The van der Waals surface area contributed by atoms with Crippen molar-refractivity contribution < 1.29 is 14.7 Å². The van der Waals surface area contributed by atoms with Crippen LogP contribution in [0.25, 0.3) is 0 Å². The highest BCUT2D eigenvalue weighted by Crippen LogP contribution is 2.25. The van der Waals surface area contributed by atoms with Crippen LogP contribution in [0.4, 0.5) is 4.79 Å². The second-order valence-corrected chi connectivity index (χ2v) is 5.08. The van der Waals surface area contributed by atoms with E-state index in [0.29, 0.717) is 6.42 Å². The maximum atomic E-state index is 11.8. The van der Waals surface area contributed by atoms with Gasteiger partial charge in [0.15, 0.2) is 0 Å². The van der Waals surface area contributed by atoms with E-state index in [4.69, 9.17) is 5.11 Å². The predicted octanol–water partition coefficient (Wildman–Crippen LogP) is 1.65. The van der Waals surface area contributed by atoms with Crippen LogP contribution in [0.3, 0.4) is 0 Å². The zero-order valence-corrected chi connectivity index (χ0v) is 10.4. The molecule has 5 heteroatoms. The van der Waals surface area contributed by atoms with E-state index in [1.165, 1.54) is 0 Å². The zero-order chi connectivity index (χ0) is 13.0. The molecule has 0 aromatic carbocycles. The van der Waals surface area contributed by atoms with E-state index in [0.717, 1.165) is 32.1 Å². The van der Waals surface area contributed by atoms with Crippen LogP contribution in [0.2, 0.25) is 0 Å². The molecule has 18 heavy (non-hydrogen) atoms. The van der Waals surface area contributed by atoms with Crippen molar-refractivity contribution in [3.8, 4) is 0 Å². The Balaban J connectivity index is 1.79. The molecule has 1 saturated carbocycles. The molecule has 2 amide bonds. The second kappa shape index (κ2) is 5.89. The predicted molar refractivity (Wildman–Crippen MR) is 67.2 cm³/mol. The number of aliphatic carboxylic acids is 1. The summed E-state index contributed by atoms with van der Waals surface area (Å²) in [6.07, 6.45) is 9.29. The van der Waals surface area contributed by atoms with Crippen LogP contribution in [0.5, 0.6) is 0 Å². The lowest BCUT2D eigenvalue weighted by Gasteiger charge is -2.23. The molecule has 0 aromatic rings. The lowest BCUT2D eigenvalue weighted by Crippen LogP contribution is -2.48. The first-order valence-electron chi connectivity index (χ1n) is 6.61. The first kappa shape index (κ1) is 12.9. The number of carbonyl (C=O) groups is 2. The third-order valence-corrected chi connectivity index (χ3v) is 3.75. The molecule has 0 aliphatic heterocycles. The molecule has 5 nitrogen and oxygen atoms in total. The number of carboxylic acids is 1. The monoisotopic (exact) mass is 252 g/mol. The molecule has 0 radical (unpaired) electrons. The SMILES string of the molecule is O=C(NC1CC=CCC1)NC1CCCC1C(=O)O. The normalized spacial score (nSPS) is 31.0. The van der Waals surface area contributed by atoms with E-state index < -0.39 is 11.9 Å². The van der Waals surface area contributed by atoms with E-state index in [2.05, 4.69) is 22.8 Å². The second-order valence-electron chi connectivity index (χ2n) is 5.08. The van der Waals surface area contributed by atoms with Crippen LogP contribution in [0, 0.1) is 5.92 Å². The third-order valence-electron chi connectivity index (χ3n) is 3.75. The topological polar surface area (TPSA) is 78.4 Å². The van der Waals surface area contributed by atoms with Crippen molar-refractivity contribution in [1.82, 2.24) is 10.6 Å². The zero-order valence-electron chi connectivity index (χ0n) is 10.4. The van der Waals surface area contributed by atoms with Crippen LogP contribution in [-0.4, -0.2) is 29.2 Å². The van der Waals surface area contributed by atoms with Crippen LogP contribution >= 0.6 is 0 Å². The van der Waals surface area contributed by atoms with Gasteiger partial charge in [-0.25, -0.2) is 4.79 Å². The molecule has 3 N–H and O–H groups in total. The first-order valence-corrected chi connectivity index (χ1v) is 6.61. The highest BCUT2D eigenvalue weighted by Gasteiger charge is 2.34. The molecule has 0 saturated heterocycles. The Morgan fingerprint density at radius 1 is 1.11 bits per heavy atom. The van der Waals surface area contributed by atoms with E-state index in [9.17, 15) is 9.59 Å². The van der Waals surface area contributed by atoms with E-state index in [1.54, 1.807) is 0 Å². The minimum absolute atomic E-state index is 0.180. The van der Waals surface area contributed by atoms with Gasteiger partial charge in [0, 0.05) is 12.1 Å². The fraction of sp³-hybridized carbons (Fsp3) is 0.692. The number of amides is 2. The van der Waals surface area contributed by atoms with Crippen molar-refractivity contribution in [2.24, 2.45) is 5.92 Å². The van der Waals surface area contributed by atoms with Crippen molar-refractivity contribution in [3.05, 3.63) is 12.2 Å². The number of carbonyl (C=O) groups excluding carboxylic acids is 1. The smallest absolute Gasteiger partial charge is 0.315 e. The number of hydrogen-bond acceptors (Lipinski definition) is 2. The Kier molecular flexibility index (Phi) is 4.23. The first-order chi connectivity index (χ1) is 8.66. The number of carboxylic acid groups (broad SMARTS) is 1. The number of allylic oxidation sites excluding steroid dienone is 1. The van der Waals surface area contributed by atoms with Gasteiger partial charge >= 0.3 is 12.0 Å². The number of rotatable bonds is 3. The fourth-order valence-electron chi connectivity index (χ4n) is 2.75. The molecule has 0 aromatic heterocycles. The highest BCUT2D eigenvalue weighted by molar-refractivity contribution is 5.77. The lowest BCUT2D eigenvalue weighted by molar-refractivity contribution is -0.142. The van der Waals surface area contributed by atoms with Crippen molar-refractivity contribution in [3.63, 3.8) is 0 Å². The Bertz CT molecular complexity index is 354. The quantitative estimate of drug-likeness (QED) is 0.668. The summed E-state index contributed by atoms with van der Waals surface area (Å²) in [4.78, 5) is 22.8. The van der Waals surface area contributed by atoms with Crippen LogP contribution < -0.4 is 10.6 Å². The highest BCUT2D eigenvalue weighted by atomic mass is 16.4. The van der Waals surface area contributed by atoms with Gasteiger partial charge in [-0.15, -0.1) is 0 Å². The molecule has 3 atom stereocenters. The molecule has 2 aliphatic rings. The van der Waals surface area contributed by atoms with Crippen LogP contribution in [-0.2, 0) is 4.79 Å². The Morgan fingerprint density at radius 2 is 1.94 bits per heavy atom. The summed E-state index contributed by atoms with van der Waals surface area (Å²) in [5.41, 5.74) is 0. The van der Waals surface area contributed by atoms with E-state index in [-0.39, 0.29) is 18.1 Å². The summed E-state index contributed by atoms with van der Waals surface area (Å²) in [5, 5.41) is 14.8. The van der Waals surface area contributed by atoms with Gasteiger partial charge in [-0.1, -0.05) is 18.6 Å². The van der Waals surface area contributed by atoms with Gasteiger partial charge in [-0.3, -0.25) is 4.79 Å². The van der Waals surface area contributed by atoms with E-state index in [1.807, 2.05) is 0 Å². The Labute approximate surface area is 107 Å². The largest absolute Gasteiger partial charge is 0.481 e. The summed E-state index contributed by atoms with van der Waals surface area (Å²) >= 11 is 0. The van der Waals surface area contributed by atoms with Crippen molar-refractivity contribution in [2.75, 3.05) is 0 Å². The maximum absolute atomic E-state index is 11.8. The summed E-state index contributed by atoms with van der Waals surface area (Å²) < 4.78 is 0. The van der Waals surface area contributed by atoms with Gasteiger partial charge in [0.1, 0.15) is 0 Å². The Hall–Kier alpha value is -1.52. The van der Waals surface area contributed by atoms with Gasteiger partial charge in [0.25, 0.3) is 0 Å². The molecule has 2 aliphatic carbocycles. The molecule has 2 rings (SSSR count). The molecular weight excluding hydrogens is 232 g/mol. The lowest BCUT2D eigenvalue weighted by atomic mass is 10.0. The van der Waals surface area contributed by atoms with Crippen molar-refractivity contribution in [1.29, 1.82) is 0 Å². The molecule has 1 fully saturated rings. The average molecular weight is 252 g/mol. The maximum Gasteiger partial charge on any atom is 0.315 e. The van der Waals surface area contributed by atoms with E-state index >= 15 is 0 Å². The number of hydrogen-bond donors (Lipinski definition) is 3. The van der Waals surface area contributed by atoms with Crippen LogP contribution in [0.1, 0.15) is 38.5 Å². The summed E-state index contributed by atoms with van der Waals surface area (Å²) in [6.45, 7) is 0. The third kappa shape index (κ3) is 3.24. The van der Waals surface area contributed by atoms with Crippen molar-refractivity contribution >= 4 is 12.0 Å². The average Bonchev–Trinajstić information content (AvgIpc) is 2.78. The molecular formula is C13H20N2O3. The molecule has 0 bridgehead atoms. The number of urea groups is 1. The summed E-state index contributed by atoms with van der Waals surface area (Å²) in [7, 11) is 0. The number of nitrogens with one attached hydrogen (secondary N) is 2. The molecule has 0 spiro atoms. The van der Waals surface area contributed by atoms with Crippen LogP contribution in [0.15, 0.2) is 12.2 Å². The van der Waals surface area contributed by atoms with Gasteiger partial charge in [-0.2, -0.15) is 0 Å². The van der Waals surface area contributed by atoms with Crippen molar-refractivity contribution in [2.45, 2.75) is 50.6 Å². The summed E-state index contributed by atoms with van der Waals surface area (Å²) in [6, 6.07) is -0.269.